The lowest BCUT2D eigenvalue weighted by Crippen LogP contribution is -2.54. The summed E-state index contributed by atoms with van der Waals surface area (Å²) in [5.74, 6) is -0.889. The topological polar surface area (TPSA) is 93.1 Å². The monoisotopic (exact) mass is 514 g/mol. The molecule has 196 valence electrons. The molecule has 2 aromatic carbocycles. The third kappa shape index (κ3) is 4.80. The third-order valence-electron chi connectivity index (χ3n) is 6.74. The number of barbiturate groups is 1. The van der Waals surface area contributed by atoms with Crippen LogP contribution in [0.3, 0.4) is 0 Å². The van der Waals surface area contributed by atoms with Gasteiger partial charge < -0.3 is 18.9 Å². The number of amides is 4. The van der Waals surface area contributed by atoms with Crippen LogP contribution in [0.4, 0.5) is 16.2 Å². The van der Waals surface area contributed by atoms with Gasteiger partial charge in [0.25, 0.3) is 11.8 Å². The van der Waals surface area contributed by atoms with Crippen LogP contribution in [-0.2, 0) is 14.3 Å². The highest BCUT2D eigenvalue weighted by molar-refractivity contribution is 6.39. The minimum Gasteiger partial charge on any atom is -0.494 e. The fourth-order valence-corrected chi connectivity index (χ4v) is 4.89. The van der Waals surface area contributed by atoms with Gasteiger partial charge in [0.1, 0.15) is 11.3 Å². The molecule has 9 heteroatoms. The molecule has 38 heavy (non-hydrogen) atoms. The summed E-state index contributed by atoms with van der Waals surface area (Å²) in [5.41, 5.74) is 4.87. The number of urea groups is 1. The summed E-state index contributed by atoms with van der Waals surface area (Å²) in [7, 11) is 0. The molecule has 2 fully saturated rings. The summed E-state index contributed by atoms with van der Waals surface area (Å²) in [6.07, 6.45) is 1.55. The van der Waals surface area contributed by atoms with E-state index in [1.54, 1.807) is 30.3 Å². The Hall–Kier alpha value is -4.37. The van der Waals surface area contributed by atoms with Crippen molar-refractivity contribution in [1.29, 1.82) is 0 Å². The molecule has 0 unspecified atom stereocenters. The van der Waals surface area contributed by atoms with Crippen molar-refractivity contribution in [3.63, 3.8) is 0 Å². The predicted octanol–water partition coefficient (Wildman–Crippen LogP) is 4.00. The van der Waals surface area contributed by atoms with Gasteiger partial charge in [-0.3, -0.25) is 14.9 Å². The molecule has 2 saturated heterocycles. The van der Waals surface area contributed by atoms with Crippen molar-refractivity contribution < 1.29 is 23.9 Å². The number of nitrogens with one attached hydrogen (secondary N) is 1. The Morgan fingerprint density at radius 3 is 2.37 bits per heavy atom. The zero-order valence-electron chi connectivity index (χ0n) is 21.7. The van der Waals surface area contributed by atoms with Crippen LogP contribution < -0.4 is 19.9 Å². The maximum Gasteiger partial charge on any atom is 0.335 e. The van der Waals surface area contributed by atoms with E-state index in [0.717, 1.165) is 59.5 Å². The molecule has 1 N–H and O–H groups in total. The molecule has 2 aliphatic rings. The molecule has 5 rings (SSSR count). The van der Waals surface area contributed by atoms with Crippen molar-refractivity contribution in [1.82, 2.24) is 9.88 Å². The summed E-state index contributed by atoms with van der Waals surface area (Å²) in [5, 5.41) is 2.29. The van der Waals surface area contributed by atoms with Gasteiger partial charge in [0.05, 0.1) is 25.5 Å². The Morgan fingerprint density at radius 1 is 0.947 bits per heavy atom. The SMILES string of the molecule is CCOc1cccc(N2C(=O)NC(=O)/C(=C\c3cc(C)n(-c4ccc(N5CCOCC5)cc4)c3C)C2=O)c1. The molecular formula is C29H30N4O5. The number of hydrogen-bond acceptors (Lipinski definition) is 6. The van der Waals surface area contributed by atoms with E-state index in [-0.39, 0.29) is 5.57 Å². The molecule has 4 amide bonds. The molecule has 0 atom stereocenters. The van der Waals surface area contributed by atoms with Crippen LogP contribution >= 0.6 is 0 Å². The Balaban J connectivity index is 1.45. The van der Waals surface area contributed by atoms with E-state index in [2.05, 4.69) is 39.0 Å². The first-order valence-corrected chi connectivity index (χ1v) is 12.6. The Morgan fingerprint density at radius 2 is 1.66 bits per heavy atom. The molecule has 3 heterocycles. The van der Waals surface area contributed by atoms with E-state index in [1.807, 2.05) is 26.8 Å². The lowest BCUT2D eigenvalue weighted by Gasteiger charge is -2.29. The van der Waals surface area contributed by atoms with Crippen LogP contribution in [-0.4, -0.2) is 55.3 Å². The van der Waals surface area contributed by atoms with Crippen LogP contribution in [0.1, 0.15) is 23.9 Å². The molecule has 0 radical (unpaired) electrons. The molecule has 0 spiro atoms. The summed E-state index contributed by atoms with van der Waals surface area (Å²) in [6, 6.07) is 16.1. The number of anilines is 2. The average molecular weight is 515 g/mol. The molecule has 0 bridgehead atoms. The number of morpholine rings is 1. The molecule has 9 nitrogen and oxygen atoms in total. The van der Waals surface area contributed by atoms with Gasteiger partial charge in [-0.25, -0.2) is 9.69 Å². The summed E-state index contributed by atoms with van der Waals surface area (Å²) < 4.78 is 13.0. The smallest absolute Gasteiger partial charge is 0.335 e. The normalized spacial score (nSPS) is 17.2. The quantitative estimate of drug-likeness (QED) is 0.395. The van der Waals surface area contributed by atoms with Gasteiger partial charge in [-0.15, -0.1) is 0 Å². The van der Waals surface area contributed by atoms with Gasteiger partial charge in [0.2, 0.25) is 0 Å². The van der Waals surface area contributed by atoms with E-state index in [1.165, 1.54) is 0 Å². The first-order chi connectivity index (χ1) is 18.4. The fourth-order valence-electron chi connectivity index (χ4n) is 4.89. The number of benzene rings is 2. The molecule has 0 saturated carbocycles. The van der Waals surface area contributed by atoms with Gasteiger partial charge in [-0.05, 0) is 74.9 Å². The molecule has 0 aliphatic carbocycles. The minimum atomic E-state index is -0.795. The highest BCUT2D eigenvalue weighted by atomic mass is 16.5. The number of aryl methyl sites for hydroxylation is 1. The van der Waals surface area contributed by atoms with Crippen LogP contribution in [0.25, 0.3) is 11.8 Å². The first kappa shape index (κ1) is 25.3. The van der Waals surface area contributed by atoms with Gasteiger partial charge in [0, 0.05) is 41.9 Å². The first-order valence-electron chi connectivity index (χ1n) is 12.6. The lowest BCUT2D eigenvalue weighted by atomic mass is 10.1. The zero-order valence-corrected chi connectivity index (χ0v) is 21.7. The number of rotatable bonds is 6. The second-order valence-corrected chi connectivity index (χ2v) is 9.17. The summed E-state index contributed by atoms with van der Waals surface area (Å²) >= 11 is 0. The van der Waals surface area contributed by atoms with Gasteiger partial charge in [-0.1, -0.05) is 6.07 Å². The lowest BCUT2D eigenvalue weighted by molar-refractivity contribution is -0.122. The van der Waals surface area contributed by atoms with Gasteiger partial charge >= 0.3 is 6.03 Å². The van der Waals surface area contributed by atoms with Gasteiger partial charge in [0.15, 0.2) is 0 Å². The van der Waals surface area contributed by atoms with Crippen molar-refractivity contribution in [2.24, 2.45) is 0 Å². The van der Waals surface area contributed by atoms with Gasteiger partial charge in [-0.2, -0.15) is 0 Å². The maximum atomic E-state index is 13.4. The number of nitrogens with zero attached hydrogens (tertiary/aromatic N) is 3. The van der Waals surface area contributed by atoms with E-state index >= 15 is 0 Å². The Bertz CT molecular complexity index is 1420. The second-order valence-electron chi connectivity index (χ2n) is 9.17. The van der Waals surface area contributed by atoms with Crippen LogP contribution in [0.5, 0.6) is 5.75 Å². The van der Waals surface area contributed by atoms with E-state index in [0.29, 0.717) is 18.0 Å². The van der Waals surface area contributed by atoms with E-state index in [9.17, 15) is 14.4 Å². The molecule has 2 aliphatic heterocycles. The van der Waals surface area contributed by atoms with Crippen LogP contribution in [0.2, 0.25) is 0 Å². The molecular weight excluding hydrogens is 484 g/mol. The standard InChI is InChI=1S/C29H30N4O5/c1-4-38-25-7-5-6-24(18-25)33-28(35)26(27(34)30-29(33)36)17-21-16-19(2)32(20(21)3)23-10-8-22(9-11-23)31-12-14-37-15-13-31/h5-11,16-18H,4,12-15H2,1-3H3,(H,30,34,36)/b26-17+. The maximum absolute atomic E-state index is 13.4. The highest BCUT2D eigenvalue weighted by Crippen LogP contribution is 2.28. The van der Waals surface area contributed by atoms with Crippen LogP contribution in [0.15, 0.2) is 60.2 Å². The minimum absolute atomic E-state index is 0.116. The molecule has 3 aromatic rings. The largest absolute Gasteiger partial charge is 0.494 e. The number of ether oxygens (including phenoxy) is 2. The highest BCUT2D eigenvalue weighted by Gasteiger charge is 2.37. The van der Waals surface area contributed by atoms with E-state index in [4.69, 9.17) is 9.47 Å². The number of carbonyl (C=O) groups is 3. The van der Waals surface area contributed by atoms with Crippen molar-refractivity contribution in [2.75, 3.05) is 42.7 Å². The third-order valence-corrected chi connectivity index (χ3v) is 6.74. The number of imide groups is 2. The fraction of sp³-hybridized carbons (Fsp3) is 0.276. The predicted molar refractivity (Wildman–Crippen MR) is 145 cm³/mol. The second kappa shape index (κ2) is 10.5. The summed E-state index contributed by atoms with van der Waals surface area (Å²) in [4.78, 5) is 42.0. The van der Waals surface area contributed by atoms with Crippen molar-refractivity contribution in [2.45, 2.75) is 20.8 Å². The summed E-state index contributed by atoms with van der Waals surface area (Å²) in [6.45, 7) is 9.39. The van der Waals surface area contributed by atoms with Crippen LogP contribution in [0, 0.1) is 13.8 Å². The zero-order chi connectivity index (χ0) is 26.8. The number of hydrogen-bond donors (Lipinski definition) is 1. The number of aromatic nitrogens is 1. The Labute approximate surface area is 221 Å². The number of carbonyl (C=O) groups excluding carboxylic acids is 3. The molecule has 1 aromatic heterocycles. The Kier molecular flexibility index (Phi) is 7.02. The van der Waals surface area contributed by atoms with Crippen molar-refractivity contribution >= 4 is 35.3 Å². The average Bonchev–Trinajstić information content (AvgIpc) is 3.20. The van der Waals surface area contributed by atoms with E-state index < -0.39 is 17.8 Å². The van der Waals surface area contributed by atoms with Crippen molar-refractivity contribution in [3.05, 3.63) is 77.1 Å². The van der Waals surface area contributed by atoms with Crippen molar-refractivity contribution in [3.8, 4) is 11.4 Å².